The Balaban J connectivity index is 1.83. The van der Waals surface area contributed by atoms with Crippen molar-refractivity contribution >= 4 is 11.9 Å². The molecule has 2 aliphatic carbocycles. The molecule has 0 aromatic carbocycles. The first-order valence-corrected chi connectivity index (χ1v) is 6.38. The van der Waals surface area contributed by atoms with E-state index in [1.54, 1.807) is 0 Å². The molecule has 4 heteroatoms. The summed E-state index contributed by atoms with van der Waals surface area (Å²) in [4.78, 5) is 25.6. The van der Waals surface area contributed by atoms with Crippen LogP contribution in [-0.2, 0) is 9.59 Å². The summed E-state index contributed by atoms with van der Waals surface area (Å²) in [5.41, 5.74) is 0. The molecular weight excluding hydrogens is 218 g/mol. The van der Waals surface area contributed by atoms with Crippen LogP contribution >= 0.6 is 0 Å². The molecule has 4 nitrogen and oxygen atoms in total. The van der Waals surface area contributed by atoms with E-state index in [2.05, 4.69) is 0 Å². The van der Waals surface area contributed by atoms with Gasteiger partial charge in [-0.1, -0.05) is 12.2 Å². The summed E-state index contributed by atoms with van der Waals surface area (Å²) in [5, 5.41) is 9.29. The van der Waals surface area contributed by atoms with Crippen molar-refractivity contribution in [3.8, 4) is 0 Å². The quantitative estimate of drug-likeness (QED) is 0.730. The molecule has 3 rings (SSSR count). The molecule has 1 N–H and O–H groups in total. The van der Waals surface area contributed by atoms with Crippen LogP contribution in [0.1, 0.15) is 19.3 Å². The average molecular weight is 235 g/mol. The summed E-state index contributed by atoms with van der Waals surface area (Å²) in [6, 6.07) is 0. The fraction of sp³-hybridized carbons (Fsp3) is 0.692. The maximum atomic E-state index is 12.4. The fourth-order valence-corrected chi connectivity index (χ4v) is 3.64. The second kappa shape index (κ2) is 3.86. The van der Waals surface area contributed by atoms with E-state index < -0.39 is 11.9 Å². The van der Waals surface area contributed by atoms with E-state index in [0.717, 1.165) is 32.4 Å². The van der Waals surface area contributed by atoms with E-state index in [-0.39, 0.29) is 23.7 Å². The summed E-state index contributed by atoms with van der Waals surface area (Å²) in [6.07, 6.45) is 6.99. The third kappa shape index (κ3) is 1.58. The van der Waals surface area contributed by atoms with Crippen molar-refractivity contribution in [3.05, 3.63) is 12.2 Å². The second-order valence-corrected chi connectivity index (χ2v) is 5.37. The number of carboxylic acids is 1. The molecule has 2 fully saturated rings. The Labute approximate surface area is 100 Å². The molecule has 0 radical (unpaired) electrons. The number of amides is 1. The number of carbonyl (C=O) groups excluding carboxylic acids is 1. The monoisotopic (exact) mass is 235 g/mol. The predicted molar refractivity (Wildman–Crippen MR) is 61.2 cm³/mol. The highest BCUT2D eigenvalue weighted by atomic mass is 16.4. The lowest BCUT2D eigenvalue weighted by atomic mass is 9.82. The number of nitrogens with zero attached hydrogens (tertiary/aromatic N) is 1. The van der Waals surface area contributed by atoms with Crippen LogP contribution in [0.25, 0.3) is 0 Å². The summed E-state index contributed by atoms with van der Waals surface area (Å²) in [5.74, 6) is -1.28. The molecule has 0 aromatic heterocycles. The number of likely N-dealkylation sites (tertiary alicyclic amines) is 1. The molecule has 1 aliphatic heterocycles. The second-order valence-electron chi connectivity index (χ2n) is 5.37. The molecular formula is C13H17NO3. The minimum absolute atomic E-state index is 0.0757. The number of rotatable bonds is 2. The van der Waals surface area contributed by atoms with Crippen molar-refractivity contribution in [1.29, 1.82) is 0 Å². The molecule has 0 unspecified atom stereocenters. The Morgan fingerprint density at radius 1 is 1.06 bits per heavy atom. The van der Waals surface area contributed by atoms with Crippen molar-refractivity contribution in [2.24, 2.45) is 23.7 Å². The van der Waals surface area contributed by atoms with E-state index in [1.807, 2.05) is 17.1 Å². The van der Waals surface area contributed by atoms with Crippen LogP contribution in [-0.4, -0.2) is 35.0 Å². The van der Waals surface area contributed by atoms with E-state index in [4.69, 9.17) is 0 Å². The first-order valence-electron chi connectivity index (χ1n) is 6.38. The van der Waals surface area contributed by atoms with Gasteiger partial charge in [-0.15, -0.1) is 0 Å². The molecule has 0 aromatic rings. The first kappa shape index (κ1) is 10.8. The first-order chi connectivity index (χ1) is 8.18. The zero-order chi connectivity index (χ0) is 12.0. The van der Waals surface area contributed by atoms with Crippen LogP contribution in [0.4, 0.5) is 0 Å². The lowest BCUT2D eigenvalue weighted by Crippen LogP contribution is -2.41. The van der Waals surface area contributed by atoms with Crippen LogP contribution in [0.5, 0.6) is 0 Å². The van der Waals surface area contributed by atoms with Gasteiger partial charge in [0.05, 0.1) is 11.8 Å². The smallest absolute Gasteiger partial charge is 0.307 e. The average Bonchev–Trinajstić information content (AvgIpc) is 3.02. The van der Waals surface area contributed by atoms with Crippen molar-refractivity contribution in [2.75, 3.05) is 13.1 Å². The van der Waals surface area contributed by atoms with E-state index in [1.165, 1.54) is 0 Å². The molecule has 92 valence electrons. The van der Waals surface area contributed by atoms with Gasteiger partial charge in [-0.25, -0.2) is 0 Å². The van der Waals surface area contributed by atoms with E-state index in [9.17, 15) is 14.7 Å². The molecule has 1 amide bonds. The maximum Gasteiger partial charge on any atom is 0.307 e. The van der Waals surface area contributed by atoms with Gasteiger partial charge in [0.1, 0.15) is 0 Å². The fourth-order valence-electron chi connectivity index (χ4n) is 3.64. The van der Waals surface area contributed by atoms with Crippen molar-refractivity contribution < 1.29 is 14.7 Å². The van der Waals surface area contributed by atoms with Gasteiger partial charge in [0.25, 0.3) is 0 Å². The molecule has 1 heterocycles. The van der Waals surface area contributed by atoms with Gasteiger partial charge in [-0.05, 0) is 31.1 Å². The third-order valence-corrected chi connectivity index (χ3v) is 4.45. The van der Waals surface area contributed by atoms with Crippen LogP contribution in [0.15, 0.2) is 12.2 Å². The summed E-state index contributed by atoms with van der Waals surface area (Å²) in [6.45, 7) is 1.62. The highest BCUT2D eigenvalue weighted by Crippen LogP contribution is 2.48. The SMILES string of the molecule is O=C(O)[C@@H]1[C@H](C(=O)N2CCCC2)[C@@H]2C=C[C@H]1C2. The van der Waals surface area contributed by atoms with Gasteiger partial charge in [0.2, 0.25) is 5.91 Å². The van der Waals surface area contributed by atoms with Gasteiger partial charge in [-0.2, -0.15) is 0 Å². The Morgan fingerprint density at radius 3 is 2.24 bits per heavy atom. The number of aliphatic carboxylic acids is 1. The number of allylic oxidation sites excluding steroid dienone is 2. The Bertz CT molecular complexity index is 384. The van der Waals surface area contributed by atoms with Gasteiger partial charge >= 0.3 is 5.97 Å². The molecule has 0 spiro atoms. The standard InChI is InChI=1S/C13H17NO3/c15-12(14-5-1-2-6-14)10-8-3-4-9(7-8)11(10)13(16)17/h3-4,8-11H,1-2,5-7H2,(H,16,17)/t8-,9+,10-,11+/m1/s1. The highest BCUT2D eigenvalue weighted by Gasteiger charge is 2.52. The van der Waals surface area contributed by atoms with E-state index >= 15 is 0 Å². The Kier molecular flexibility index (Phi) is 2.45. The normalized spacial score (nSPS) is 38.9. The van der Waals surface area contributed by atoms with Crippen LogP contribution in [0.3, 0.4) is 0 Å². The van der Waals surface area contributed by atoms with Gasteiger partial charge < -0.3 is 10.0 Å². The Hall–Kier alpha value is -1.32. The molecule has 2 bridgehead atoms. The summed E-state index contributed by atoms with van der Waals surface area (Å²) in [7, 11) is 0. The topological polar surface area (TPSA) is 57.6 Å². The number of fused-ring (bicyclic) bond motifs is 2. The van der Waals surface area contributed by atoms with Crippen molar-refractivity contribution in [2.45, 2.75) is 19.3 Å². The zero-order valence-corrected chi connectivity index (χ0v) is 9.71. The molecule has 3 aliphatic rings. The highest BCUT2D eigenvalue weighted by molar-refractivity contribution is 5.87. The lowest BCUT2D eigenvalue weighted by molar-refractivity contribution is -0.150. The molecule has 1 saturated heterocycles. The third-order valence-electron chi connectivity index (χ3n) is 4.45. The minimum Gasteiger partial charge on any atom is -0.481 e. The van der Waals surface area contributed by atoms with Crippen LogP contribution < -0.4 is 0 Å². The van der Waals surface area contributed by atoms with Gasteiger partial charge in [0.15, 0.2) is 0 Å². The number of carboxylic acid groups (broad SMARTS) is 1. The maximum absolute atomic E-state index is 12.4. The van der Waals surface area contributed by atoms with E-state index in [0.29, 0.717) is 0 Å². The largest absolute Gasteiger partial charge is 0.481 e. The van der Waals surface area contributed by atoms with Crippen LogP contribution in [0.2, 0.25) is 0 Å². The number of hydrogen-bond acceptors (Lipinski definition) is 2. The van der Waals surface area contributed by atoms with Crippen molar-refractivity contribution in [1.82, 2.24) is 4.90 Å². The van der Waals surface area contributed by atoms with Crippen LogP contribution in [0, 0.1) is 23.7 Å². The molecule has 4 atom stereocenters. The number of carbonyl (C=O) groups is 2. The molecule has 1 saturated carbocycles. The minimum atomic E-state index is -0.806. The number of hydrogen-bond donors (Lipinski definition) is 1. The Morgan fingerprint density at radius 2 is 1.65 bits per heavy atom. The van der Waals surface area contributed by atoms with Gasteiger partial charge in [0, 0.05) is 13.1 Å². The zero-order valence-electron chi connectivity index (χ0n) is 9.71. The van der Waals surface area contributed by atoms with Crippen molar-refractivity contribution in [3.63, 3.8) is 0 Å². The predicted octanol–water partition coefficient (Wildman–Crippen LogP) is 1.13. The summed E-state index contributed by atoms with van der Waals surface area (Å²) >= 11 is 0. The van der Waals surface area contributed by atoms with Gasteiger partial charge in [-0.3, -0.25) is 9.59 Å². The summed E-state index contributed by atoms with van der Waals surface area (Å²) < 4.78 is 0. The lowest BCUT2D eigenvalue weighted by Gasteiger charge is -2.28. The molecule has 17 heavy (non-hydrogen) atoms.